The Hall–Kier alpha value is -2.08. The lowest BCUT2D eigenvalue weighted by Gasteiger charge is -2.13. The smallest absolute Gasteiger partial charge is 0.241 e. The molecule has 4 N–H and O–H groups in total. The van der Waals surface area contributed by atoms with Crippen LogP contribution in [0, 0.1) is 0 Å². The van der Waals surface area contributed by atoms with Crippen LogP contribution >= 0.6 is 0 Å². The largest absolute Gasteiger partial charge is 0.495 e. The number of nitrogens with one attached hydrogen (secondary N) is 2. The van der Waals surface area contributed by atoms with Crippen molar-refractivity contribution in [3.8, 4) is 5.75 Å². The first-order valence-corrected chi connectivity index (χ1v) is 5.46. The number of hydrogen-bond donors (Lipinski definition) is 3. The number of carbonyl (C=O) groups is 2. The normalized spacial score (nSPS) is 11.6. The molecule has 0 heterocycles. The molecule has 98 valence electrons. The molecule has 0 spiro atoms. The van der Waals surface area contributed by atoms with Gasteiger partial charge >= 0.3 is 0 Å². The first-order valence-electron chi connectivity index (χ1n) is 5.46. The molecule has 0 aliphatic carbocycles. The maximum atomic E-state index is 11.5. The fraction of sp³-hybridized carbons (Fsp3) is 0.333. The molecule has 18 heavy (non-hydrogen) atoms. The lowest BCUT2D eigenvalue weighted by Crippen LogP contribution is -2.32. The Morgan fingerprint density at radius 3 is 2.50 bits per heavy atom. The zero-order valence-electron chi connectivity index (χ0n) is 10.6. The van der Waals surface area contributed by atoms with Gasteiger partial charge in [0.2, 0.25) is 11.8 Å². The molecule has 0 aliphatic heterocycles. The summed E-state index contributed by atoms with van der Waals surface area (Å²) in [6.07, 6.45) is 0. The molecule has 0 aliphatic rings. The highest BCUT2D eigenvalue weighted by Crippen LogP contribution is 2.27. The van der Waals surface area contributed by atoms with Crippen LogP contribution in [0.4, 0.5) is 11.4 Å². The zero-order valence-corrected chi connectivity index (χ0v) is 10.6. The maximum Gasteiger partial charge on any atom is 0.241 e. The minimum absolute atomic E-state index is 0.190. The standard InChI is InChI=1S/C12H17N3O3/c1-7(13)12(17)15-10-6-9(14-8(2)16)4-5-11(10)18-3/h4-7H,13H2,1-3H3,(H,14,16)(H,15,17)/t7-/m1/s1. The van der Waals surface area contributed by atoms with E-state index < -0.39 is 6.04 Å². The molecule has 6 heteroatoms. The number of ether oxygens (including phenoxy) is 1. The number of nitrogens with two attached hydrogens (primary N) is 1. The summed E-state index contributed by atoms with van der Waals surface area (Å²) in [5.41, 5.74) is 6.51. The van der Waals surface area contributed by atoms with E-state index in [1.54, 1.807) is 25.1 Å². The maximum absolute atomic E-state index is 11.5. The van der Waals surface area contributed by atoms with Crippen LogP contribution in [0.1, 0.15) is 13.8 Å². The number of benzene rings is 1. The molecule has 0 bridgehead atoms. The highest BCUT2D eigenvalue weighted by atomic mass is 16.5. The molecule has 1 aromatic rings. The summed E-state index contributed by atoms with van der Waals surface area (Å²) in [6, 6.07) is 4.32. The molecule has 1 atom stereocenters. The van der Waals surface area contributed by atoms with Gasteiger partial charge in [-0.2, -0.15) is 0 Å². The van der Waals surface area contributed by atoms with Crippen molar-refractivity contribution in [1.29, 1.82) is 0 Å². The van der Waals surface area contributed by atoms with E-state index in [-0.39, 0.29) is 11.8 Å². The van der Waals surface area contributed by atoms with E-state index in [9.17, 15) is 9.59 Å². The number of hydrogen-bond acceptors (Lipinski definition) is 4. The number of anilines is 2. The first kappa shape index (κ1) is 14.0. The lowest BCUT2D eigenvalue weighted by molar-refractivity contribution is -0.117. The summed E-state index contributed by atoms with van der Waals surface area (Å²) in [6.45, 7) is 2.99. The molecule has 0 saturated carbocycles. The third-order valence-corrected chi connectivity index (χ3v) is 2.19. The summed E-state index contributed by atoms with van der Waals surface area (Å²) in [5, 5.41) is 5.26. The Balaban J connectivity index is 2.98. The van der Waals surface area contributed by atoms with Crippen molar-refractivity contribution in [3.63, 3.8) is 0 Å². The Morgan fingerprint density at radius 1 is 1.33 bits per heavy atom. The van der Waals surface area contributed by atoms with Gasteiger partial charge in [0, 0.05) is 12.6 Å². The molecule has 0 saturated heterocycles. The summed E-state index contributed by atoms with van der Waals surface area (Å²) in [4.78, 5) is 22.5. The van der Waals surface area contributed by atoms with Crippen LogP contribution in [0.15, 0.2) is 18.2 Å². The SMILES string of the molecule is COc1ccc(NC(C)=O)cc1NC(=O)[C@@H](C)N. The molecule has 0 fully saturated rings. The monoisotopic (exact) mass is 251 g/mol. The Bertz CT molecular complexity index is 458. The quantitative estimate of drug-likeness (QED) is 0.742. The van der Waals surface area contributed by atoms with E-state index in [0.29, 0.717) is 17.1 Å². The molecule has 6 nitrogen and oxygen atoms in total. The molecule has 0 radical (unpaired) electrons. The molecule has 0 unspecified atom stereocenters. The van der Waals surface area contributed by atoms with Gasteiger partial charge in [-0.05, 0) is 25.1 Å². The van der Waals surface area contributed by atoms with Crippen LogP contribution in [0.3, 0.4) is 0 Å². The molecule has 1 aromatic carbocycles. The topological polar surface area (TPSA) is 93.5 Å². The minimum Gasteiger partial charge on any atom is -0.495 e. The van der Waals surface area contributed by atoms with Crippen LogP contribution in [0.25, 0.3) is 0 Å². The van der Waals surface area contributed by atoms with Gasteiger partial charge in [-0.1, -0.05) is 0 Å². The van der Waals surface area contributed by atoms with E-state index in [4.69, 9.17) is 10.5 Å². The van der Waals surface area contributed by atoms with Gasteiger partial charge < -0.3 is 21.1 Å². The van der Waals surface area contributed by atoms with Gasteiger partial charge in [0.15, 0.2) is 0 Å². The van der Waals surface area contributed by atoms with Gasteiger partial charge in [-0.25, -0.2) is 0 Å². The second-order valence-electron chi connectivity index (χ2n) is 3.87. The van der Waals surface area contributed by atoms with Crippen molar-refractivity contribution in [2.45, 2.75) is 19.9 Å². The average Bonchev–Trinajstić information content (AvgIpc) is 2.28. The summed E-state index contributed by atoms with van der Waals surface area (Å²) >= 11 is 0. The molecular weight excluding hydrogens is 234 g/mol. The molecule has 1 rings (SSSR count). The van der Waals surface area contributed by atoms with Gasteiger partial charge in [-0.15, -0.1) is 0 Å². The molecular formula is C12H17N3O3. The third kappa shape index (κ3) is 3.74. The van der Waals surface area contributed by atoms with E-state index >= 15 is 0 Å². The summed E-state index contributed by atoms with van der Waals surface area (Å²) in [5.74, 6) is -0.0176. The van der Waals surface area contributed by atoms with Crippen molar-refractivity contribution in [3.05, 3.63) is 18.2 Å². The molecule has 2 amide bonds. The van der Waals surface area contributed by atoms with Gasteiger partial charge in [0.25, 0.3) is 0 Å². The van der Waals surface area contributed by atoms with Crippen LogP contribution in [-0.2, 0) is 9.59 Å². The Labute approximate surface area is 105 Å². The second-order valence-corrected chi connectivity index (χ2v) is 3.87. The fourth-order valence-corrected chi connectivity index (χ4v) is 1.33. The number of carbonyl (C=O) groups excluding carboxylic acids is 2. The van der Waals surface area contributed by atoms with Crippen molar-refractivity contribution >= 4 is 23.2 Å². The van der Waals surface area contributed by atoms with Crippen LogP contribution < -0.4 is 21.1 Å². The highest BCUT2D eigenvalue weighted by Gasteiger charge is 2.12. The van der Waals surface area contributed by atoms with Gasteiger partial charge in [0.1, 0.15) is 5.75 Å². The van der Waals surface area contributed by atoms with Crippen molar-refractivity contribution in [1.82, 2.24) is 0 Å². The number of methoxy groups -OCH3 is 1. The number of rotatable bonds is 4. The van der Waals surface area contributed by atoms with Gasteiger partial charge in [0.05, 0.1) is 18.8 Å². The summed E-state index contributed by atoms with van der Waals surface area (Å²) < 4.78 is 5.12. The molecule has 0 aromatic heterocycles. The van der Waals surface area contributed by atoms with E-state index in [0.717, 1.165) is 0 Å². The van der Waals surface area contributed by atoms with E-state index in [1.165, 1.54) is 14.0 Å². The van der Waals surface area contributed by atoms with Crippen LogP contribution in [0.2, 0.25) is 0 Å². The lowest BCUT2D eigenvalue weighted by atomic mass is 10.2. The van der Waals surface area contributed by atoms with Crippen molar-refractivity contribution in [2.75, 3.05) is 17.7 Å². The third-order valence-electron chi connectivity index (χ3n) is 2.19. The average molecular weight is 251 g/mol. The predicted molar refractivity (Wildman–Crippen MR) is 69.6 cm³/mol. The zero-order chi connectivity index (χ0) is 13.7. The summed E-state index contributed by atoms with van der Waals surface area (Å²) in [7, 11) is 1.49. The predicted octanol–water partition coefficient (Wildman–Crippen LogP) is 0.939. The Morgan fingerprint density at radius 2 is 2.00 bits per heavy atom. The fourth-order valence-electron chi connectivity index (χ4n) is 1.33. The first-order chi connectivity index (χ1) is 8.43. The Kier molecular flexibility index (Phi) is 4.67. The van der Waals surface area contributed by atoms with E-state index in [2.05, 4.69) is 10.6 Å². The highest BCUT2D eigenvalue weighted by molar-refractivity contribution is 5.97. The second kappa shape index (κ2) is 6.02. The minimum atomic E-state index is -0.626. The van der Waals surface area contributed by atoms with Gasteiger partial charge in [-0.3, -0.25) is 9.59 Å². The van der Waals surface area contributed by atoms with Crippen molar-refractivity contribution < 1.29 is 14.3 Å². The van der Waals surface area contributed by atoms with Crippen LogP contribution in [-0.4, -0.2) is 25.0 Å². The van der Waals surface area contributed by atoms with Crippen LogP contribution in [0.5, 0.6) is 5.75 Å². The van der Waals surface area contributed by atoms with E-state index in [1.807, 2.05) is 0 Å². The van der Waals surface area contributed by atoms with Crippen molar-refractivity contribution in [2.24, 2.45) is 5.73 Å². The number of amides is 2.